The number of carbonyl (C=O) groups is 1. The number of unbranched alkanes of at least 4 members (excludes halogenated alkanes) is 1. The molecule has 0 aliphatic heterocycles. The Bertz CT molecular complexity index is 1660. The van der Waals surface area contributed by atoms with Crippen LogP contribution in [0.25, 0.3) is 0 Å². The van der Waals surface area contributed by atoms with Gasteiger partial charge in [-0.2, -0.15) is 8.42 Å². The number of nitrogens with zero attached hydrogens (tertiary/aromatic N) is 1. The minimum Gasteiger partial charge on any atom is -0.392 e. The highest BCUT2D eigenvalue weighted by Gasteiger charge is 2.25. The molecular weight excluding hydrogens is 687 g/mol. The van der Waals surface area contributed by atoms with E-state index in [1.807, 2.05) is 131 Å². The smallest absolute Gasteiger partial charge is 0.392 e. The zero-order valence-electron chi connectivity index (χ0n) is 32.0. The van der Waals surface area contributed by atoms with Crippen LogP contribution < -0.4 is 0 Å². The number of carbonyl (C=O) groups excluding carboxylic acids is 1. The summed E-state index contributed by atoms with van der Waals surface area (Å²) >= 11 is 0. The third-order valence-corrected chi connectivity index (χ3v) is 8.93. The van der Waals surface area contributed by atoms with Crippen molar-refractivity contribution in [3.05, 3.63) is 157 Å². The summed E-state index contributed by atoms with van der Waals surface area (Å²) in [5.74, 6) is -0.732. The minimum absolute atomic E-state index is 0.0618. The first-order valence-electron chi connectivity index (χ1n) is 18.0. The van der Waals surface area contributed by atoms with Gasteiger partial charge in [-0.15, -0.1) is 0 Å². The molecular formula is C44H59NO7S. The molecule has 0 amide bonds. The lowest BCUT2D eigenvalue weighted by Crippen LogP contribution is -2.32. The molecule has 6 atom stereocenters. The Kier molecular flexibility index (Phi) is 24.2. The molecule has 9 heteroatoms. The molecule has 0 saturated carbocycles. The quantitative estimate of drug-likeness (QED) is 0.0240. The van der Waals surface area contributed by atoms with Crippen molar-refractivity contribution < 1.29 is 32.2 Å². The third-order valence-electron chi connectivity index (χ3n) is 8.44. The maximum atomic E-state index is 11.5. The van der Waals surface area contributed by atoms with E-state index in [9.17, 15) is 28.0 Å². The van der Waals surface area contributed by atoms with Crippen molar-refractivity contribution in [2.75, 3.05) is 0 Å². The molecule has 0 aliphatic carbocycles. The first kappa shape index (κ1) is 46.8. The number of ketones is 1. The second-order valence-corrected chi connectivity index (χ2v) is 13.9. The number of allylic oxidation sites excluding steroid dienone is 17. The number of aliphatic hydroxyl groups is 2. The lowest BCUT2D eigenvalue weighted by atomic mass is 9.88. The number of hydrogen-bond donors (Lipinski definition) is 3. The van der Waals surface area contributed by atoms with E-state index in [0.717, 1.165) is 29.7 Å². The average Bonchev–Trinajstić information content (AvgIpc) is 3.12. The summed E-state index contributed by atoms with van der Waals surface area (Å²) in [6, 6.07) is 9.73. The van der Waals surface area contributed by atoms with Crippen LogP contribution in [0.4, 0.5) is 0 Å². The molecule has 6 unspecified atom stereocenters. The summed E-state index contributed by atoms with van der Waals surface area (Å²) in [5, 5.41) is 21.2. The highest BCUT2D eigenvalue weighted by atomic mass is 32.3. The molecule has 0 aliphatic rings. The number of rotatable bonds is 24. The van der Waals surface area contributed by atoms with Crippen LogP contribution in [0.15, 0.2) is 156 Å². The van der Waals surface area contributed by atoms with Crippen LogP contribution in [0.2, 0.25) is 0 Å². The van der Waals surface area contributed by atoms with Gasteiger partial charge in [0.15, 0.2) is 5.78 Å². The van der Waals surface area contributed by atoms with E-state index in [-0.39, 0.29) is 30.0 Å². The van der Waals surface area contributed by atoms with Crippen molar-refractivity contribution in [3.8, 4) is 0 Å². The van der Waals surface area contributed by atoms with Crippen LogP contribution in [0.1, 0.15) is 66.4 Å². The van der Waals surface area contributed by atoms with Crippen molar-refractivity contribution in [1.29, 1.82) is 0 Å². The van der Waals surface area contributed by atoms with Crippen LogP contribution >= 0.6 is 0 Å². The van der Waals surface area contributed by atoms with Gasteiger partial charge >= 0.3 is 10.4 Å². The van der Waals surface area contributed by atoms with Gasteiger partial charge in [0.25, 0.3) is 0 Å². The standard InChI is InChI=1S/C44H59NO7S/c1-35(40(6)46)28-22-17-13-12-14-18-23-29-36(2)44(48)38(4)42(47)32-26-19-15-10-8-7-9-11-16-20-27-33-43(52-53(49,50)51)37(3)39(5)45-34-41-30-24-21-25-31-41/h7-13,15-17,19-32,36-38,42-44,47-48H,14,18,33-34H2,1-6H3,(H,49,50,51)/b9-7+,10-8+,13-12+,16-11+,19-15+,22-17+,27-20+,29-23+,32-26+,35-28+,45-39?. The van der Waals surface area contributed by atoms with E-state index in [2.05, 4.69) is 4.99 Å². The van der Waals surface area contributed by atoms with Crippen molar-refractivity contribution in [3.63, 3.8) is 0 Å². The zero-order chi connectivity index (χ0) is 39.5. The number of benzene rings is 1. The van der Waals surface area contributed by atoms with Gasteiger partial charge in [-0.3, -0.25) is 14.3 Å². The normalized spacial score (nSPS) is 17.6. The molecule has 0 radical (unpaired) electrons. The second kappa shape index (κ2) is 27.4. The van der Waals surface area contributed by atoms with Crippen LogP contribution in [-0.2, 0) is 25.9 Å². The SMILES string of the molecule is CC(=O)/C(C)=C/C=C/C=C/CC/C=C/C(C)C(O)C(C)C(O)/C=C/C=C/C=C/C=C/C=C/C=C/CC(OS(=O)(=O)O)C(C)C(C)=NCc1ccccc1. The van der Waals surface area contributed by atoms with Gasteiger partial charge < -0.3 is 10.2 Å². The maximum absolute atomic E-state index is 11.5. The summed E-state index contributed by atoms with van der Waals surface area (Å²) in [6.45, 7) is 11.2. The fourth-order valence-electron chi connectivity index (χ4n) is 4.71. The fourth-order valence-corrected chi connectivity index (χ4v) is 5.26. The highest BCUT2D eigenvalue weighted by molar-refractivity contribution is 7.80. The summed E-state index contributed by atoms with van der Waals surface area (Å²) < 4.78 is 37.2. The molecule has 8 nitrogen and oxygen atoms in total. The van der Waals surface area contributed by atoms with Crippen LogP contribution in [-0.4, -0.2) is 53.0 Å². The summed E-state index contributed by atoms with van der Waals surface area (Å²) in [5.41, 5.74) is 2.48. The van der Waals surface area contributed by atoms with Crippen LogP contribution in [0.5, 0.6) is 0 Å². The summed E-state index contributed by atoms with van der Waals surface area (Å²) in [4.78, 5) is 15.8. The predicted molar refractivity (Wildman–Crippen MR) is 220 cm³/mol. The number of hydrogen-bond acceptors (Lipinski definition) is 7. The average molecular weight is 746 g/mol. The molecule has 0 saturated heterocycles. The molecule has 0 bridgehead atoms. The van der Waals surface area contributed by atoms with E-state index in [4.69, 9.17) is 4.18 Å². The molecule has 1 aromatic rings. The lowest BCUT2D eigenvalue weighted by Gasteiger charge is -2.25. The molecule has 1 aromatic carbocycles. The molecule has 0 heterocycles. The topological polar surface area (TPSA) is 133 Å². The molecule has 0 fully saturated rings. The number of Topliss-reactive ketones (excluding diaryl/α,β-unsaturated/α-hetero) is 1. The summed E-state index contributed by atoms with van der Waals surface area (Å²) in [6.07, 6.45) is 34.8. The monoisotopic (exact) mass is 745 g/mol. The van der Waals surface area contributed by atoms with Gasteiger partial charge in [-0.1, -0.05) is 167 Å². The Hall–Kier alpha value is -4.25. The van der Waals surface area contributed by atoms with Crippen LogP contribution in [0, 0.1) is 17.8 Å². The molecule has 0 spiro atoms. The van der Waals surface area contributed by atoms with E-state index >= 15 is 0 Å². The Morgan fingerprint density at radius 1 is 0.755 bits per heavy atom. The van der Waals surface area contributed by atoms with E-state index < -0.39 is 28.7 Å². The van der Waals surface area contributed by atoms with Gasteiger partial charge in [0.1, 0.15) is 0 Å². The van der Waals surface area contributed by atoms with Gasteiger partial charge in [-0.05, 0) is 51.2 Å². The Morgan fingerprint density at radius 2 is 1.30 bits per heavy atom. The first-order chi connectivity index (χ1) is 25.2. The lowest BCUT2D eigenvalue weighted by molar-refractivity contribution is -0.113. The Labute approximate surface area is 318 Å². The zero-order valence-corrected chi connectivity index (χ0v) is 32.8. The first-order valence-corrected chi connectivity index (χ1v) is 19.3. The summed E-state index contributed by atoms with van der Waals surface area (Å²) in [7, 11) is -4.63. The van der Waals surface area contributed by atoms with Crippen LogP contribution in [0.3, 0.4) is 0 Å². The highest BCUT2D eigenvalue weighted by Crippen LogP contribution is 2.20. The fraction of sp³-hybridized carbons (Fsp3) is 0.364. The van der Waals surface area contributed by atoms with E-state index in [1.165, 1.54) is 0 Å². The van der Waals surface area contributed by atoms with Crippen molar-refractivity contribution in [2.45, 2.75) is 85.7 Å². The Morgan fingerprint density at radius 3 is 1.91 bits per heavy atom. The number of aliphatic imine (C=N–C) groups is 1. The molecule has 3 N–H and O–H groups in total. The molecule has 53 heavy (non-hydrogen) atoms. The van der Waals surface area contributed by atoms with Gasteiger partial charge in [0.2, 0.25) is 0 Å². The van der Waals surface area contributed by atoms with Crippen molar-refractivity contribution in [1.82, 2.24) is 0 Å². The van der Waals surface area contributed by atoms with Gasteiger partial charge in [0.05, 0.1) is 24.9 Å². The van der Waals surface area contributed by atoms with Gasteiger partial charge in [0, 0.05) is 23.5 Å². The predicted octanol–water partition coefficient (Wildman–Crippen LogP) is 9.18. The largest absolute Gasteiger partial charge is 0.397 e. The second-order valence-electron chi connectivity index (χ2n) is 12.8. The van der Waals surface area contributed by atoms with E-state index in [0.29, 0.717) is 6.54 Å². The molecule has 0 aromatic heterocycles. The Balaban J connectivity index is 2.47. The number of aliphatic hydroxyl groups excluding tert-OH is 2. The van der Waals surface area contributed by atoms with Gasteiger partial charge in [-0.25, -0.2) is 4.18 Å². The van der Waals surface area contributed by atoms with E-state index in [1.54, 1.807) is 56.4 Å². The maximum Gasteiger partial charge on any atom is 0.397 e. The van der Waals surface area contributed by atoms with Crippen molar-refractivity contribution >= 4 is 21.9 Å². The molecule has 1 rings (SSSR count). The third kappa shape index (κ3) is 23.1. The van der Waals surface area contributed by atoms with Crippen molar-refractivity contribution in [2.24, 2.45) is 22.7 Å². The molecule has 288 valence electrons. The minimum atomic E-state index is -4.63.